The van der Waals surface area contributed by atoms with Gasteiger partial charge in [0.05, 0.1) is 0 Å². The van der Waals surface area contributed by atoms with Crippen LogP contribution >= 0.6 is 0 Å². The van der Waals surface area contributed by atoms with Gasteiger partial charge in [-0.3, -0.25) is 0 Å². The molecule has 3 nitrogen and oxygen atoms in total. The van der Waals surface area contributed by atoms with Crippen LogP contribution in [0.5, 0.6) is 0 Å². The molecule has 2 N–H and O–H groups in total. The van der Waals surface area contributed by atoms with Gasteiger partial charge in [-0.1, -0.05) is 38.7 Å². The van der Waals surface area contributed by atoms with Crippen molar-refractivity contribution < 1.29 is 44.6 Å². The van der Waals surface area contributed by atoms with Gasteiger partial charge in [-0.15, -0.1) is 0 Å². The summed E-state index contributed by atoms with van der Waals surface area (Å²) in [5, 5.41) is 17.4. The van der Waals surface area contributed by atoms with Crippen LogP contribution in [0.25, 0.3) is 0 Å². The van der Waals surface area contributed by atoms with Crippen LogP contribution in [0.3, 0.4) is 0 Å². The maximum absolute atomic E-state index is 10.2. The molecular formula is C8H12BNaO3. The van der Waals surface area contributed by atoms with Crippen LogP contribution in [0.4, 0.5) is 0 Å². The van der Waals surface area contributed by atoms with Crippen LogP contribution in [0, 0.1) is 0 Å². The van der Waals surface area contributed by atoms with Crippen molar-refractivity contribution in [1.29, 1.82) is 0 Å². The van der Waals surface area contributed by atoms with Gasteiger partial charge in [0.25, 0.3) is 0 Å². The fourth-order valence-corrected chi connectivity index (χ4v) is 0.778. The summed E-state index contributed by atoms with van der Waals surface area (Å²) < 4.78 is 0. The second-order valence-electron chi connectivity index (χ2n) is 2.15. The summed E-state index contributed by atoms with van der Waals surface area (Å²) in [5.74, 6) is -1.23. The summed E-state index contributed by atoms with van der Waals surface area (Å²) >= 11 is 0. The first-order valence-electron chi connectivity index (χ1n) is 3.17. The Morgan fingerprint density at radius 3 is 2.08 bits per heavy atom. The van der Waals surface area contributed by atoms with E-state index in [-0.39, 0.29) is 38.0 Å². The predicted octanol–water partition coefficient (Wildman–Crippen LogP) is -3.64. The number of hydrogen-bond acceptors (Lipinski definition) is 2. The van der Waals surface area contributed by atoms with Crippen LogP contribution < -0.4 is 29.6 Å². The Labute approximate surface area is 101 Å². The molecule has 66 valence electrons. The van der Waals surface area contributed by atoms with Gasteiger partial charge in [-0.2, -0.15) is 0 Å². The summed E-state index contributed by atoms with van der Waals surface area (Å²) in [7, 11) is 0. The van der Waals surface area contributed by atoms with E-state index < -0.39 is 12.1 Å². The monoisotopic (exact) mass is 190 g/mol. The number of carbonyl (C=O) groups is 1. The molecule has 13 heavy (non-hydrogen) atoms. The third-order valence-corrected chi connectivity index (χ3v) is 1.35. The van der Waals surface area contributed by atoms with Crippen molar-refractivity contribution in [2.75, 3.05) is 0 Å². The molecule has 0 heterocycles. The molecule has 0 aromatic heterocycles. The minimum Gasteiger partial charge on any atom is -0.479 e. The molecule has 0 spiro atoms. The standard InChI is InChI=1S/C8H8O3.BH4.Na/c9-7(8(10)11)6-4-2-1-3-5-6;;/h1-5,7,9H,(H,10,11);1H4;/q;-1;+1. The van der Waals surface area contributed by atoms with Gasteiger partial charge < -0.3 is 10.2 Å². The summed E-state index contributed by atoms with van der Waals surface area (Å²) in [5.41, 5.74) is 0.403. The number of aliphatic hydroxyl groups is 1. The van der Waals surface area contributed by atoms with Crippen molar-refractivity contribution in [3.63, 3.8) is 0 Å². The smallest absolute Gasteiger partial charge is 0.479 e. The van der Waals surface area contributed by atoms with Crippen LogP contribution in [0.2, 0.25) is 0 Å². The SMILES string of the molecule is O=C(O)C(O)c1ccccc1.[BH4-].[Na+]. The molecule has 0 aliphatic rings. The topological polar surface area (TPSA) is 57.5 Å². The van der Waals surface area contributed by atoms with E-state index in [2.05, 4.69) is 0 Å². The first kappa shape index (κ1) is 15.2. The fraction of sp³-hybridized carbons (Fsp3) is 0.125. The Bertz CT molecular complexity index is 253. The van der Waals surface area contributed by atoms with Crippen LogP contribution in [0.1, 0.15) is 11.7 Å². The van der Waals surface area contributed by atoms with Crippen LogP contribution in [0.15, 0.2) is 30.3 Å². The third kappa shape index (κ3) is 4.48. The number of aliphatic carboxylic acids is 1. The summed E-state index contributed by atoms with van der Waals surface area (Å²) in [6, 6.07) is 8.26. The molecule has 0 fully saturated rings. The van der Waals surface area contributed by atoms with Gasteiger partial charge in [0, 0.05) is 0 Å². The first-order valence-corrected chi connectivity index (χ1v) is 3.17. The molecule has 1 aromatic rings. The number of hydrogen-bond donors (Lipinski definition) is 2. The molecule has 0 amide bonds. The van der Waals surface area contributed by atoms with Crippen molar-refractivity contribution in [2.45, 2.75) is 6.10 Å². The van der Waals surface area contributed by atoms with Crippen molar-refractivity contribution >= 4 is 14.4 Å². The largest absolute Gasteiger partial charge is 1.00 e. The van der Waals surface area contributed by atoms with Crippen molar-refractivity contribution in [2.24, 2.45) is 0 Å². The number of aliphatic hydroxyl groups excluding tert-OH is 1. The molecule has 5 heteroatoms. The Morgan fingerprint density at radius 2 is 1.69 bits per heavy atom. The van der Waals surface area contributed by atoms with Crippen LogP contribution in [-0.4, -0.2) is 24.6 Å². The van der Waals surface area contributed by atoms with E-state index in [1.807, 2.05) is 0 Å². The average molecular weight is 190 g/mol. The Morgan fingerprint density at radius 1 is 1.23 bits per heavy atom. The molecule has 1 rings (SSSR count). The maximum atomic E-state index is 10.2. The molecule has 0 aliphatic carbocycles. The fourth-order valence-electron chi connectivity index (χ4n) is 0.778. The molecule has 0 saturated heterocycles. The van der Waals surface area contributed by atoms with E-state index in [1.165, 1.54) is 0 Å². The normalized spacial score (nSPS) is 10.5. The van der Waals surface area contributed by atoms with Crippen molar-refractivity contribution in [1.82, 2.24) is 0 Å². The number of benzene rings is 1. The van der Waals surface area contributed by atoms with Crippen molar-refractivity contribution in [3.8, 4) is 0 Å². The first-order chi connectivity index (χ1) is 5.22. The van der Waals surface area contributed by atoms with E-state index in [1.54, 1.807) is 30.3 Å². The summed E-state index contributed by atoms with van der Waals surface area (Å²) in [6.45, 7) is 0. The summed E-state index contributed by atoms with van der Waals surface area (Å²) in [6.07, 6.45) is -1.41. The maximum Gasteiger partial charge on any atom is 1.00 e. The predicted molar refractivity (Wildman–Crippen MR) is 50.4 cm³/mol. The number of carboxylic acids is 1. The van der Waals surface area contributed by atoms with E-state index in [0.717, 1.165) is 0 Å². The molecule has 0 saturated carbocycles. The van der Waals surface area contributed by atoms with Crippen molar-refractivity contribution in [3.05, 3.63) is 35.9 Å². The minimum atomic E-state index is -1.41. The molecular weight excluding hydrogens is 178 g/mol. The number of carboxylic acid groups (broad SMARTS) is 1. The minimum absolute atomic E-state index is 0. The molecule has 1 aromatic carbocycles. The van der Waals surface area contributed by atoms with Crippen LogP contribution in [-0.2, 0) is 4.79 Å². The molecule has 1 unspecified atom stereocenters. The summed E-state index contributed by atoms with van der Waals surface area (Å²) in [4.78, 5) is 10.2. The second-order valence-corrected chi connectivity index (χ2v) is 2.15. The average Bonchev–Trinajstić information content (AvgIpc) is 2.05. The van der Waals surface area contributed by atoms with E-state index >= 15 is 0 Å². The second kappa shape index (κ2) is 7.15. The van der Waals surface area contributed by atoms with Gasteiger partial charge in [0.15, 0.2) is 6.10 Å². The zero-order chi connectivity index (χ0) is 8.27. The Kier molecular flexibility index (Phi) is 8.36. The zero-order valence-electron chi connectivity index (χ0n) is 6.77. The molecule has 0 radical (unpaired) electrons. The van der Waals surface area contributed by atoms with E-state index in [4.69, 9.17) is 10.2 Å². The number of rotatable bonds is 2. The Balaban J connectivity index is 0. The van der Waals surface area contributed by atoms with Gasteiger partial charge in [0.2, 0.25) is 0 Å². The zero-order valence-corrected chi connectivity index (χ0v) is 8.77. The van der Waals surface area contributed by atoms with Gasteiger partial charge in [0.1, 0.15) is 0 Å². The quantitative estimate of drug-likeness (QED) is 0.473. The van der Waals surface area contributed by atoms with Gasteiger partial charge in [-0.25, -0.2) is 4.79 Å². The third-order valence-electron chi connectivity index (χ3n) is 1.35. The van der Waals surface area contributed by atoms with Gasteiger partial charge >= 0.3 is 35.5 Å². The molecule has 0 bridgehead atoms. The molecule has 0 aliphatic heterocycles. The van der Waals surface area contributed by atoms with Gasteiger partial charge in [-0.05, 0) is 5.56 Å². The Hall–Kier alpha value is -0.285. The van der Waals surface area contributed by atoms with E-state index in [9.17, 15) is 4.79 Å². The van der Waals surface area contributed by atoms with E-state index in [0.29, 0.717) is 5.56 Å². The molecule has 1 atom stereocenters.